The van der Waals surface area contributed by atoms with Gasteiger partial charge in [-0.3, -0.25) is 0 Å². The Balaban J connectivity index is 1.77. The molecule has 0 saturated heterocycles. The molecular formula is C15H20N2O. The maximum atomic E-state index is 5.75. The monoisotopic (exact) mass is 244 g/mol. The zero-order valence-electron chi connectivity index (χ0n) is 10.6. The van der Waals surface area contributed by atoms with E-state index in [9.17, 15) is 0 Å². The van der Waals surface area contributed by atoms with Gasteiger partial charge < -0.3 is 15.0 Å². The largest absolute Gasteiger partial charge is 0.360 e. The summed E-state index contributed by atoms with van der Waals surface area (Å²) >= 11 is 0. The molecule has 1 aliphatic carbocycles. The van der Waals surface area contributed by atoms with Crippen molar-refractivity contribution in [1.82, 2.24) is 4.57 Å². The zero-order chi connectivity index (χ0) is 12.4. The number of fused-ring (bicyclic) bond motifs is 1. The van der Waals surface area contributed by atoms with Gasteiger partial charge in [0, 0.05) is 11.6 Å². The summed E-state index contributed by atoms with van der Waals surface area (Å²) in [6, 6.07) is 8.58. The molecule has 3 rings (SSSR count). The van der Waals surface area contributed by atoms with Crippen molar-refractivity contribution < 1.29 is 4.74 Å². The molecule has 1 aromatic carbocycles. The van der Waals surface area contributed by atoms with Crippen molar-refractivity contribution in [3.8, 4) is 0 Å². The van der Waals surface area contributed by atoms with Gasteiger partial charge in [0.15, 0.2) is 0 Å². The molecule has 0 bridgehead atoms. The van der Waals surface area contributed by atoms with Crippen molar-refractivity contribution >= 4 is 10.9 Å². The summed E-state index contributed by atoms with van der Waals surface area (Å²) in [6.45, 7) is 2.26. The average molecular weight is 244 g/mol. The molecule has 18 heavy (non-hydrogen) atoms. The highest BCUT2D eigenvalue weighted by atomic mass is 16.5. The molecule has 0 atom stereocenters. The summed E-state index contributed by atoms with van der Waals surface area (Å²) in [5.41, 5.74) is 8.22. The second kappa shape index (κ2) is 5.12. The highest BCUT2D eigenvalue weighted by molar-refractivity contribution is 5.83. The molecule has 2 aromatic rings. The van der Waals surface area contributed by atoms with Crippen molar-refractivity contribution in [2.45, 2.75) is 26.0 Å². The van der Waals surface area contributed by atoms with Crippen LogP contribution in [0.3, 0.4) is 0 Å². The molecule has 3 nitrogen and oxygen atoms in total. The zero-order valence-corrected chi connectivity index (χ0v) is 10.6. The number of aromatic nitrogens is 1. The summed E-state index contributed by atoms with van der Waals surface area (Å²) < 4.78 is 7.93. The fourth-order valence-corrected chi connectivity index (χ4v) is 2.38. The third kappa shape index (κ3) is 2.42. The number of nitrogens with zero attached hydrogens (tertiary/aromatic N) is 1. The maximum absolute atomic E-state index is 5.75. The number of hydrogen-bond acceptors (Lipinski definition) is 2. The van der Waals surface area contributed by atoms with E-state index in [1.165, 1.54) is 29.3 Å². The van der Waals surface area contributed by atoms with Crippen LogP contribution in [0.4, 0.5) is 0 Å². The Morgan fingerprint density at radius 3 is 2.94 bits per heavy atom. The highest BCUT2D eigenvalue weighted by Crippen LogP contribution is 2.29. The first-order valence-electron chi connectivity index (χ1n) is 6.73. The second-order valence-corrected chi connectivity index (χ2v) is 5.12. The second-order valence-electron chi connectivity index (χ2n) is 5.12. The van der Waals surface area contributed by atoms with Crippen molar-refractivity contribution in [2.75, 3.05) is 13.2 Å². The number of rotatable bonds is 6. The van der Waals surface area contributed by atoms with Crippen LogP contribution in [0.25, 0.3) is 10.9 Å². The van der Waals surface area contributed by atoms with E-state index in [2.05, 4.69) is 35.0 Å². The van der Waals surface area contributed by atoms with Gasteiger partial charge in [-0.25, -0.2) is 0 Å². The fourth-order valence-electron chi connectivity index (χ4n) is 2.38. The van der Waals surface area contributed by atoms with E-state index >= 15 is 0 Å². The molecule has 2 N–H and O–H groups in total. The number of hydrogen-bond donors (Lipinski definition) is 1. The molecule has 0 amide bonds. The van der Waals surface area contributed by atoms with Crippen LogP contribution < -0.4 is 5.73 Å². The van der Waals surface area contributed by atoms with E-state index in [0.29, 0.717) is 13.3 Å². The Hall–Kier alpha value is -1.32. The molecule has 0 spiro atoms. The van der Waals surface area contributed by atoms with Gasteiger partial charge >= 0.3 is 0 Å². The Kier molecular flexibility index (Phi) is 3.35. The predicted molar refractivity (Wildman–Crippen MR) is 73.4 cm³/mol. The smallest absolute Gasteiger partial charge is 0.122 e. The summed E-state index contributed by atoms with van der Waals surface area (Å²) in [5, 5.41) is 1.30. The minimum atomic E-state index is 0.659. The normalized spacial score (nSPS) is 15.4. The van der Waals surface area contributed by atoms with Gasteiger partial charge in [-0.15, -0.1) is 0 Å². The molecule has 1 aromatic heterocycles. The van der Waals surface area contributed by atoms with Gasteiger partial charge in [0.25, 0.3) is 0 Å². The first kappa shape index (κ1) is 11.8. The Morgan fingerprint density at radius 2 is 2.17 bits per heavy atom. The lowest BCUT2D eigenvalue weighted by Gasteiger charge is -2.07. The first-order chi connectivity index (χ1) is 8.88. The first-order valence-corrected chi connectivity index (χ1v) is 6.73. The Morgan fingerprint density at radius 1 is 1.28 bits per heavy atom. The Bertz CT molecular complexity index is 528. The molecular weight excluding hydrogens is 224 g/mol. The van der Waals surface area contributed by atoms with Crippen LogP contribution in [-0.4, -0.2) is 17.7 Å². The van der Waals surface area contributed by atoms with Crippen LogP contribution in [0.15, 0.2) is 30.5 Å². The molecule has 1 aliphatic rings. The molecule has 96 valence electrons. The molecule has 0 radical (unpaired) electrons. The van der Waals surface area contributed by atoms with Crippen LogP contribution in [0.1, 0.15) is 18.4 Å². The van der Waals surface area contributed by atoms with Crippen LogP contribution in [0, 0.1) is 5.92 Å². The molecule has 1 saturated carbocycles. The number of benzene rings is 1. The highest BCUT2D eigenvalue weighted by Gasteiger charge is 2.21. The number of nitrogens with two attached hydrogens (primary N) is 1. The summed E-state index contributed by atoms with van der Waals surface area (Å²) in [5.74, 6) is 0.819. The standard InChI is InChI=1S/C15H20N2O/c16-8-6-13-2-1-3-15-14(13)7-9-17(15)11-18-10-12-4-5-12/h1-3,7,9,12H,4-6,8,10-11,16H2. The van der Waals surface area contributed by atoms with Gasteiger partial charge in [-0.2, -0.15) is 0 Å². The van der Waals surface area contributed by atoms with E-state index in [-0.39, 0.29) is 0 Å². The van der Waals surface area contributed by atoms with Crippen LogP contribution in [0.2, 0.25) is 0 Å². The molecule has 1 fully saturated rings. The quantitative estimate of drug-likeness (QED) is 0.848. The third-order valence-corrected chi connectivity index (χ3v) is 3.60. The predicted octanol–water partition coefficient (Wildman–Crippen LogP) is 2.53. The van der Waals surface area contributed by atoms with E-state index < -0.39 is 0 Å². The fraction of sp³-hybridized carbons (Fsp3) is 0.467. The van der Waals surface area contributed by atoms with Crippen molar-refractivity contribution in [2.24, 2.45) is 11.7 Å². The summed E-state index contributed by atoms with van der Waals surface area (Å²) in [7, 11) is 0. The molecule has 1 heterocycles. The molecule has 3 heteroatoms. The van der Waals surface area contributed by atoms with Gasteiger partial charge in [-0.05, 0) is 49.4 Å². The topological polar surface area (TPSA) is 40.2 Å². The van der Waals surface area contributed by atoms with Gasteiger partial charge in [0.05, 0.1) is 12.1 Å². The Labute approximate surface area is 108 Å². The van der Waals surface area contributed by atoms with Crippen molar-refractivity contribution in [3.63, 3.8) is 0 Å². The minimum absolute atomic E-state index is 0.659. The van der Waals surface area contributed by atoms with E-state index in [0.717, 1.165) is 18.9 Å². The van der Waals surface area contributed by atoms with Gasteiger partial charge in [0.1, 0.15) is 6.73 Å². The average Bonchev–Trinajstić information content (AvgIpc) is 3.11. The van der Waals surface area contributed by atoms with E-state index in [4.69, 9.17) is 10.5 Å². The SMILES string of the molecule is NCCc1cccc2c1ccn2COCC1CC1. The third-order valence-electron chi connectivity index (χ3n) is 3.60. The van der Waals surface area contributed by atoms with Crippen molar-refractivity contribution in [1.29, 1.82) is 0 Å². The lowest BCUT2D eigenvalue weighted by Crippen LogP contribution is -2.04. The summed E-state index contributed by atoms with van der Waals surface area (Å²) in [6.07, 6.45) is 5.72. The van der Waals surface area contributed by atoms with E-state index in [1.54, 1.807) is 0 Å². The molecule has 0 unspecified atom stereocenters. The van der Waals surface area contributed by atoms with Crippen LogP contribution in [0.5, 0.6) is 0 Å². The maximum Gasteiger partial charge on any atom is 0.122 e. The lowest BCUT2D eigenvalue weighted by molar-refractivity contribution is 0.0718. The van der Waals surface area contributed by atoms with Crippen LogP contribution in [-0.2, 0) is 17.9 Å². The number of ether oxygens (including phenoxy) is 1. The van der Waals surface area contributed by atoms with Gasteiger partial charge in [0.2, 0.25) is 0 Å². The summed E-state index contributed by atoms with van der Waals surface area (Å²) in [4.78, 5) is 0. The lowest BCUT2D eigenvalue weighted by atomic mass is 10.1. The van der Waals surface area contributed by atoms with Crippen molar-refractivity contribution in [3.05, 3.63) is 36.0 Å². The minimum Gasteiger partial charge on any atom is -0.360 e. The molecule has 0 aliphatic heterocycles. The van der Waals surface area contributed by atoms with Crippen LogP contribution >= 0.6 is 0 Å². The van der Waals surface area contributed by atoms with Gasteiger partial charge in [-0.1, -0.05) is 12.1 Å². The van der Waals surface area contributed by atoms with E-state index in [1.807, 2.05) is 0 Å².